The lowest BCUT2D eigenvalue weighted by molar-refractivity contribution is -0.356. The molecule has 2 fully saturated rings. The van der Waals surface area contributed by atoms with Gasteiger partial charge in [-0.2, -0.15) is 0 Å². The van der Waals surface area contributed by atoms with E-state index in [1.807, 2.05) is 109 Å². The smallest absolute Gasteiger partial charge is 0.266 e. The van der Waals surface area contributed by atoms with Crippen molar-refractivity contribution in [2.75, 3.05) is 20.8 Å². The third-order valence-corrected chi connectivity index (χ3v) is 9.57. The number of aromatic nitrogens is 1. The summed E-state index contributed by atoms with van der Waals surface area (Å²) in [5.74, 6) is -0.0443. The van der Waals surface area contributed by atoms with E-state index < -0.39 is 36.5 Å². The van der Waals surface area contributed by atoms with Gasteiger partial charge in [-0.1, -0.05) is 91.0 Å². The van der Waals surface area contributed by atoms with Gasteiger partial charge in [0, 0.05) is 30.0 Å². The minimum absolute atomic E-state index is 0.115. The fraction of sp³-hybridized carbons (Fsp3) is 0.286. The molecule has 0 bridgehead atoms. The van der Waals surface area contributed by atoms with Crippen LogP contribution in [0, 0.1) is 5.92 Å². The van der Waals surface area contributed by atoms with E-state index in [9.17, 15) is 9.59 Å². The molecule has 4 aromatic carbocycles. The second-order valence-corrected chi connectivity index (χ2v) is 12.8. The van der Waals surface area contributed by atoms with Crippen LogP contribution in [0.25, 0.3) is 16.8 Å². The summed E-state index contributed by atoms with van der Waals surface area (Å²) < 4.78 is 39.1. The highest BCUT2D eigenvalue weighted by Gasteiger charge is 2.51. The molecule has 2 aliphatic heterocycles. The number of fused-ring (bicyclic) bond motifs is 1. The average molecular weight is 688 g/mol. The third kappa shape index (κ3) is 7.30. The van der Waals surface area contributed by atoms with Crippen molar-refractivity contribution >= 4 is 5.78 Å². The number of pyridine rings is 1. The summed E-state index contributed by atoms with van der Waals surface area (Å²) >= 11 is 0. The van der Waals surface area contributed by atoms with Crippen LogP contribution in [0.4, 0.5) is 0 Å². The van der Waals surface area contributed by atoms with E-state index in [0.29, 0.717) is 35.7 Å². The standard InChI is InChI=1S/C42H41NO8/c1-27(44)37-34(29-15-9-5-10-16-29)23-32(43(40(37)45)31-19-21-33(46-2)22-20-31)24-35-38-36(26-49-41(51-38)30-17-11-6-12-18-30)50-42(47-3)39(35)48-25-28-13-7-4-8-14-28/h4-23,35-36,38-39,41-42H,24-26H2,1-3H3/t35-,36-,38+,39+,41-,42+/m1/s1. The van der Waals surface area contributed by atoms with E-state index >= 15 is 0 Å². The summed E-state index contributed by atoms with van der Waals surface area (Å²) in [5.41, 5.74) is 4.20. The zero-order chi connectivity index (χ0) is 35.3. The Morgan fingerprint density at radius 1 is 0.843 bits per heavy atom. The Balaban J connectivity index is 1.38. The number of ketones is 1. The second-order valence-electron chi connectivity index (χ2n) is 12.8. The van der Waals surface area contributed by atoms with Gasteiger partial charge in [0.2, 0.25) is 0 Å². The number of nitrogens with zero attached hydrogens (tertiary/aromatic N) is 1. The topological polar surface area (TPSA) is 94.5 Å². The first-order chi connectivity index (χ1) is 24.9. The molecule has 2 saturated heterocycles. The molecule has 9 heteroatoms. The summed E-state index contributed by atoms with van der Waals surface area (Å²) in [6.07, 6.45) is -2.61. The molecule has 0 amide bonds. The summed E-state index contributed by atoms with van der Waals surface area (Å²) in [7, 11) is 3.19. The highest BCUT2D eigenvalue weighted by atomic mass is 16.7. The van der Waals surface area contributed by atoms with Crippen LogP contribution in [-0.4, -0.2) is 55.8 Å². The molecule has 0 unspecified atom stereocenters. The van der Waals surface area contributed by atoms with Gasteiger partial charge < -0.3 is 28.4 Å². The second kappa shape index (κ2) is 15.6. The van der Waals surface area contributed by atoms with Crippen LogP contribution in [0.3, 0.4) is 0 Å². The number of rotatable bonds is 11. The lowest BCUT2D eigenvalue weighted by atomic mass is 9.83. The summed E-state index contributed by atoms with van der Waals surface area (Å²) in [5, 5.41) is 0. The van der Waals surface area contributed by atoms with Crippen molar-refractivity contribution in [1.82, 2.24) is 4.57 Å². The molecule has 51 heavy (non-hydrogen) atoms. The minimum Gasteiger partial charge on any atom is -0.497 e. The maximum atomic E-state index is 14.6. The van der Waals surface area contributed by atoms with E-state index in [1.54, 1.807) is 30.9 Å². The Kier molecular flexibility index (Phi) is 10.5. The molecular weight excluding hydrogens is 646 g/mol. The Bertz CT molecular complexity index is 1980. The lowest BCUT2D eigenvalue weighted by Crippen LogP contribution is -2.60. The van der Waals surface area contributed by atoms with Gasteiger partial charge in [-0.05, 0) is 60.4 Å². The average Bonchev–Trinajstić information content (AvgIpc) is 3.18. The first-order valence-corrected chi connectivity index (χ1v) is 17.1. The van der Waals surface area contributed by atoms with E-state index in [1.165, 1.54) is 6.92 Å². The number of methoxy groups -OCH3 is 2. The number of Topliss-reactive ketones (excluding diaryl/α,β-unsaturated/α-hetero) is 1. The highest BCUT2D eigenvalue weighted by molar-refractivity contribution is 6.00. The molecule has 5 aromatic rings. The molecule has 262 valence electrons. The number of hydrogen-bond acceptors (Lipinski definition) is 8. The first-order valence-electron chi connectivity index (χ1n) is 17.1. The number of hydrogen-bond donors (Lipinski definition) is 0. The van der Waals surface area contributed by atoms with Gasteiger partial charge in [0.1, 0.15) is 18.0 Å². The molecule has 9 nitrogen and oxygen atoms in total. The third-order valence-electron chi connectivity index (χ3n) is 9.57. The van der Waals surface area contributed by atoms with Crippen LogP contribution in [0.15, 0.2) is 126 Å². The molecule has 3 heterocycles. The SMILES string of the molecule is COc1ccc(-n2c(C[C@H]3[C@H](OCc4ccccc4)[C@@H](OC)O[C@@H]4CO[C@@H](c5ccccc5)O[C@@H]34)cc(-c3ccccc3)c(C(C)=O)c2=O)cc1. The molecule has 0 N–H and O–H groups in total. The minimum atomic E-state index is -0.744. The Hall–Kier alpha value is -4.90. The Morgan fingerprint density at radius 2 is 1.51 bits per heavy atom. The van der Waals surface area contributed by atoms with Crippen LogP contribution in [0.2, 0.25) is 0 Å². The predicted octanol–water partition coefficient (Wildman–Crippen LogP) is 6.95. The zero-order valence-electron chi connectivity index (χ0n) is 28.8. The fourth-order valence-electron chi connectivity index (χ4n) is 7.11. The van der Waals surface area contributed by atoms with Crippen LogP contribution >= 0.6 is 0 Å². The molecule has 0 aliphatic carbocycles. The van der Waals surface area contributed by atoms with Crippen LogP contribution < -0.4 is 10.3 Å². The van der Waals surface area contributed by atoms with E-state index in [4.69, 9.17) is 28.4 Å². The molecule has 0 saturated carbocycles. The predicted molar refractivity (Wildman–Crippen MR) is 192 cm³/mol. The van der Waals surface area contributed by atoms with Crippen molar-refractivity contribution in [2.24, 2.45) is 5.92 Å². The lowest BCUT2D eigenvalue weighted by Gasteiger charge is -2.49. The number of benzene rings is 4. The van der Waals surface area contributed by atoms with Crippen molar-refractivity contribution in [1.29, 1.82) is 0 Å². The van der Waals surface area contributed by atoms with E-state index in [0.717, 1.165) is 16.7 Å². The summed E-state index contributed by atoms with van der Waals surface area (Å²) in [4.78, 5) is 27.9. The monoisotopic (exact) mass is 687 g/mol. The number of carbonyl (C=O) groups is 1. The highest BCUT2D eigenvalue weighted by Crippen LogP contribution is 2.41. The molecular formula is C42H41NO8. The van der Waals surface area contributed by atoms with Crippen molar-refractivity contribution < 1.29 is 33.2 Å². The quantitative estimate of drug-likeness (QED) is 0.138. The van der Waals surface area contributed by atoms with Crippen molar-refractivity contribution in [2.45, 2.75) is 50.8 Å². The van der Waals surface area contributed by atoms with Gasteiger partial charge in [-0.15, -0.1) is 0 Å². The maximum Gasteiger partial charge on any atom is 0.266 e. The molecule has 2 aliphatic rings. The van der Waals surface area contributed by atoms with Crippen molar-refractivity contribution in [3.05, 3.63) is 154 Å². The van der Waals surface area contributed by atoms with Crippen molar-refractivity contribution in [3.63, 3.8) is 0 Å². The van der Waals surface area contributed by atoms with Gasteiger partial charge in [-0.25, -0.2) is 0 Å². The normalized spacial score (nSPS) is 23.0. The molecule has 1 aromatic heterocycles. The maximum absolute atomic E-state index is 14.6. The zero-order valence-corrected chi connectivity index (χ0v) is 28.8. The van der Waals surface area contributed by atoms with Crippen LogP contribution in [0.5, 0.6) is 5.75 Å². The van der Waals surface area contributed by atoms with Gasteiger partial charge in [0.15, 0.2) is 18.4 Å². The summed E-state index contributed by atoms with van der Waals surface area (Å²) in [6.45, 7) is 2.02. The van der Waals surface area contributed by atoms with E-state index in [2.05, 4.69) is 0 Å². The fourth-order valence-corrected chi connectivity index (χ4v) is 7.11. The van der Waals surface area contributed by atoms with Gasteiger partial charge >= 0.3 is 0 Å². The Labute approximate surface area is 297 Å². The van der Waals surface area contributed by atoms with Gasteiger partial charge in [0.25, 0.3) is 5.56 Å². The number of ether oxygens (including phenoxy) is 6. The first kappa shape index (κ1) is 34.5. The van der Waals surface area contributed by atoms with Crippen LogP contribution in [0.1, 0.15) is 40.4 Å². The molecule has 0 radical (unpaired) electrons. The van der Waals surface area contributed by atoms with Gasteiger partial charge in [0.05, 0.1) is 32.0 Å². The van der Waals surface area contributed by atoms with Crippen LogP contribution in [-0.2, 0) is 36.7 Å². The summed E-state index contributed by atoms with van der Waals surface area (Å²) in [6, 6.07) is 38.4. The van der Waals surface area contributed by atoms with E-state index in [-0.39, 0.29) is 23.9 Å². The van der Waals surface area contributed by atoms with Crippen molar-refractivity contribution in [3.8, 4) is 22.6 Å². The molecule has 0 spiro atoms. The Morgan fingerprint density at radius 3 is 2.16 bits per heavy atom. The molecule has 7 rings (SSSR count). The molecule has 6 atom stereocenters. The number of carbonyl (C=O) groups excluding carboxylic acids is 1. The largest absolute Gasteiger partial charge is 0.497 e. The van der Waals surface area contributed by atoms with Gasteiger partial charge in [-0.3, -0.25) is 14.2 Å².